The molecule has 1 aromatic carbocycles. The molecule has 29 heavy (non-hydrogen) atoms. The van der Waals surface area contributed by atoms with Crippen LogP contribution in [0.5, 0.6) is 0 Å². The molecule has 1 aromatic heterocycles. The molecule has 0 aliphatic carbocycles. The molecule has 1 unspecified atom stereocenters. The maximum Gasteiger partial charge on any atom is 0.253 e. The van der Waals surface area contributed by atoms with Crippen molar-refractivity contribution >= 4 is 17.5 Å². The van der Waals surface area contributed by atoms with E-state index in [-0.39, 0.29) is 49.1 Å². The van der Waals surface area contributed by atoms with Crippen molar-refractivity contribution in [2.45, 2.75) is 38.7 Å². The van der Waals surface area contributed by atoms with Crippen LogP contribution in [-0.2, 0) is 0 Å². The second kappa shape index (κ2) is 8.67. The Morgan fingerprint density at radius 3 is 2.48 bits per heavy atom. The Labute approximate surface area is 172 Å². The second-order valence-corrected chi connectivity index (χ2v) is 7.61. The van der Waals surface area contributed by atoms with Gasteiger partial charge in [-0.2, -0.15) is 0 Å². The third-order valence-corrected chi connectivity index (χ3v) is 5.51. The number of benzene rings is 1. The first-order chi connectivity index (χ1) is 13.7. The van der Waals surface area contributed by atoms with Gasteiger partial charge in [0.05, 0.1) is 16.6 Å². The van der Waals surface area contributed by atoms with Gasteiger partial charge < -0.3 is 5.32 Å². The Hall–Kier alpha value is -2.19. The zero-order valence-electron chi connectivity index (χ0n) is 16.2. The van der Waals surface area contributed by atoms with E-state index in [1.165, 1.54) is 12.1 Å². The van der Waals surface area contributed by atoms with Gasteiger partial charge in [0, 0.05) is 50.4 Å². The van der Waals surface area contributed by atoms with E-state index in [0.717, 1.165) is 0 Å². The molecule has 2 heterocycles. The quantitative estimate of drug-likeness (QED) is 0.782. The summed E-state index contributed by atoms with van der Waals surface area (Å²) in [6, 6.07) is 2.30. The minimum absolute atomic E-state index is 0.0655. The third kappa shape index (κ3) is 5.05. The zero-order chi connectivity index (χ0) is 21.2. The van der Waals surface area contributed by atoms with Crippen LogP contribution in [0.3, 0.4) is 0 Å². The van der Waals surface area contributed by atoms with Crippen LogP contribution >= 0.6 is 11.6 Å². The van der Waals surface area contributed by atoms with Crippen molar-refractivity contribution in [3.63, 3.8) is 0 Å². The van der Waals surface area contributed by atoms with Crippen molar-refractivity contribution in [3.8, 4) is 0 Å². The lowest BCUT2D eigenvalue weighted by Gasteiger charge is -2.37. The van der Waals surface area contributed by atoms with Gasteiger partial charge in [-0.1, -0.05) is 17.7 Å². The van der Waals surface area contributed by atoms with Crippen LogP contribution in [0.2, 0.25) is 5.02 Å². The number of nitrogens with one attached hydrogen (secondary N) is 1. The molecule has 1 amide bonds. The molecule has 3 rings (SSSR count). The molecular weight excluding hydrogens is 405 g/mol. The van der Waals surface area contributed by atoms with Gasteiger partial charge >= 0.3 is 0 Å². The number of carbonyl (C=O) groups excluding carboxylic acids is 1. The molecule has 1 atom stereocenters. The van der Waals surface area contributed by atoms with E-state index in [2.05, 4.69) is 15.3 Å². The summed E-state index contributed by atoms with van der Waals surface area (Å²) in [6.07, 6.45) is 2.76. The fourth-order valence-corrected chi connectivity index (χ4v) is 3.70. The van der Waals surface area contributed by atoms with Crippen LogP contribution in [0.4, 0.5) is 13.2 Å². The SMILES string of the molecule is Cc1ncc(C(CNC(=O)c2c(C)ccc(F)c2Cl)N2CCC(F)(F)CC2)cn1. The van der Waals surface area contributed by atoms with E-state index >= 15 is 0 Å². The predicted molar refractivity (Wildman–Crippen MR) is 104 cm³/mol. The van der Waals surface area contributed by atoms with Crippen molar-refractivity contribution in [1.29, 1.82) is 0 Å². The standard InChI is InChI=1S/C20H22ClF3N4O/c1-12-3-4-15(22)18(21)17(12)19(29)27-11-16(14-9-25-13(2)26-10-14)28-7-5-20(23,24)6-8-28/h3-4,9-10,16H,5-8,11H2,1-2H3,(H,27,29). The zero-order valence-corrected chi connectivity index (χ0v) is 16.9. The first-order valence-corrected chi connectivity index (χ1v) is 9.69. The summed E-state index contributed by atoms with van der Waals surface area (Å²) in [6.45, 7) is 3.90. The lowest BCUT2D eigenvalue weighted by atomic mass is 10.0. The normalized spacial score (nSPS) is 17.7. The molecular formula is C20H22ClF3N4O. The minimum atomic E-state index is -2.68. The number of aryl methyl sites for hydroxylation is 2. The second-order valence-electron chi connectivity index (χ2n) is 7.23. The molecule has 0 spiro atoms. The summed E-state index contributed by atoms with van der Waals surface area (Å²) in [4.78, 5) is 22.9. The van der Waals surface area contributed by atoms with Gasteiger partial charge in [-0.15, -0.1) is 0 Å². The molecule has 1 aliphatic heterocycles. The smallest absolute Gasteiger partial charge is 0.253 e. The number of hydrogen-bond donors (Lipinski definition) is 1. The number of carbonyl (C=O) groups is 1. The number of rotatable bonds is 5. The molecule has 0 saturated carbocycles. The maximum absolute atomic E-state index is 13.8. The van der Waals surface area contributed by atoms with Crippen LogP contribution in [0.1, 0.15) is 46.2 Å². The minimum Gasteiger partial charge on any atom is -0.350 e. The molecule has 156 valence electrons. The van der Waals surface area contributed by atoms with Gasteiger partial charge in [0.15, 0.2) is 0 Å². The van der Waals surface area contributed by atoms with Crippen LogP contribution < -0.4 is 5.32 Å². The van der Waals surface area contributed by atoms with E-state index in [1.54, 1.807) is 26.2 Å². The lowest BCUT2D eigenvalue weighted by molar-refractivity contribution is -0.0632. The van der Waals surface area contributed by atoms with E-state index in [0.29, 0.717) is 17.0 Å². The fraction of sp³-hybridized carbons (Fsp3) is 0.450. The summed E-state index contributed by atoms with van der Waals surface area (Å²) >= 11 is 5.97. The van der Waals surface area contributed by atoms with E-state index in [1.807, 2.05) is 4.90 Å². The Morgan fingerprint density at radius 2 is 1.86 bits per heavy atom. The summed E-state index contributed by atoms with van der Waals surface area (Å²) in [7, 11) is 0. The highest BCUT2D eigenvalue weighted by molar-refractivity contribution is 6.34. The Bertz CT molecular complexity index is 882. The van der Waals surface area contributed by atoms with Gasteiger partial charge in [0.2, 0.25) is 0 Å². The highest BCUT2D eigenvalue weighted by Gasteiger charge is 2.37. The van der Waals surface area contributed by atoms with Crippen LogP contribution in [-0.4, -0.2) is 46.3 Å². The van der Waals surface area contributed by atoms with Crippen molar-refractivity contribution in [1.82, 2.24) is 20.2 Å². The number of piperidine rings is 1. The average molecular weight is 427 g/mol. The topological polar surface area (TPSA) is 58.1 Å². The summed E-state index contributed by atoms with van der Waals surface area (Å²) in [5, 5.41) is 2.52. The fourth-order valence-electron chi connectivity index (χ4n) is 3.40. The molecule has 2 aromatic rings. The molecule has 1 saturated heterocycles. The largest absolute Gasteiger partial charge is 0.350 e. The first kappa shape index (κ1) is 21.5. The first-order valence-electron chi connectivity index (χ1n) is 9.31. The molecule has 1 N–H and O–H groups in total. The van der Waals surface area contributed by atoms with Crippen molar-refractivity contribution in [2.24, 2.45) is 0 Å². The molecule has 9 heteroatoms. The lowest BCUT2D eigenvalue weighted by Crippen LogP contribution is -2.45. The predicted octanol–water partition coefficient (Wildman–Crippen LogP) is 4.09. The number of hydrogen-bond acceptors (Lipinski definition) is 4. The van der Waals surface area contributed by atoms with Crippen molar-refractivity contribution in [2.75, 3.05) is 19.6 Å². The van der Waals surface area contributed by atoms with Gasteiger partial charge in [-0.05, 0) is 25.5 Å². The van der Waals surface area contributed by atoms with E-state index in [4.69, 9.17) is 11.6 Å². The van der Waals surface area contributed by atoms with Crippen LogP contribution in [0, 0.1) is 19.7 Å². The van der Waals surface area contributed by atoms with Crippen molar-refractivity contribution in [3.05, 3.63) is 57.9 Å². The monoisotopic (exact) mass is 426 g/mol. The van der Waals surface area contributed by atoms with E-state index in [9.17, 15) is 18.0 Å². The number of amides is 1. The van der Waals surface area contributed by atoms with Gasteiger partial charge in [-0.25, -0.2) is 23.1 Å². The highest BCUT2D eigenvalue weighted by Crippen LogP contribution is 2.32. The number of halogens is 4. The van der Waals surface area contributed by atoms with Gasteiger partial charge in [-0.3, -0.25) is 9.69 Å². The summed E-state index contributed by atoms with van der Waals surface area (Å²) in [5.41, 5.74) is 1.32. The number of nitrogens with zero attached hydrogens (tertiary/aromatic N) is 3. The van der Waals surface area contributed by atoms with Gasteiger partial charge in [0.1, 0.15) is 11.6 Å². The Kier molecular flexibility index (Phi) is 6.43. The molecule has 0 radical (unpaired) electrons. The molecule has 1 aliphatic rings. The average Bonchev–Trinajstić information content (AvgIpc) is 2.67. The van der Waals surface area contributed by atoms with Crippen LogP contribution in [0.15, 0.2) is 24.5 Å². The van der Waals surface area contributed by atoms with Crippen LogP contribution in [0.25, 0.3) is 0 Å². The highest BCUT2D eigenvalue weighted by atomic mass is 35.5. The van der Waals surface area contributed by atoms with E-state index < -0.39 is 17.6 Å². The van der Waals surface area contributed by atoms with Gasteiger partial charge in [0.25, 0.3) is 11.8 Å². The number of aromatic nitrogens is 2. The molecule has 0 bridgehead atoms. The number of likely N-dealkylation sites (tertiary alicyclic amines) is 1. The number of alkyl halides is 2. The molecule has 1 fully saturated rings. The molecule has 5 nitrogen and oxygen atoms in total. The summed E-state index contributed by atoms with van der Waals surface area (Å²) < 4.78 is 41.0. The van der Waals surface area contributed by atoms with Crippen molar-refractivity contribution < 1.29 is 18.0 Å². The third-order valence-electron chi connectivity index (χ3n) is 5.14. The Balaban J connectivity index is 1.79. The summed E-state index contributed by atoms with van der Waals surface area (Å²) in [5.74, 6) is -3.29. The maximum atomic E-state index is 13.8. The Morgan fingerprint density at radius 1 is 1.24 bits per heavy atom.